The fourth-order valence-corrected chi connectivity index (χ4v) is 1.96. The largest absolute Gasteiger partial charge is 0.382 e. The molecule has 0 spiro atoms. The summed E-state index contributed by atoms with van der Waals surface area (Å²) in [7, 11) is 1.66. The Kier molecular flexibility index (Phi) is 15.7. The van der Waals surface area contributed by atoms with Crippen LogP contribution in [-0.2, 0) is 18.9 Å². The van der Waals surface area contributed by atoms with Crippen molar-refractivity contribution in [3.63, 3.8) is 0 Å². The number of alkyl halides is 1. The van der Waals surface area contributed by atoms with Gasteiger partial charge in [-0.25, -0.2) is 0 Å². The molecule has 0 aliphatic heterocycles. The monoisotopic (exact) mass is 326 g/mol. The van der Waals surface area contributed by atoms with E-state index in [4.69, 9.17) is 18.9 Å². The van der Waals surface area contributed by atoms with E-state index in [9.17, 15) is 0 Å². The molecule has 1 atom stereocenters. The highest BCUT2D eigenvalue weighted by Gasteiger charge is 2.05. The summed E-state index contributed by atoms with van der Waals surface area (Å²) >= 11 is 3.50. The number of rotatable bonds is 14. The molecule has 0 bridgehead atoms. The molecule has 0 aliphatic carbocycles. The van der Waals surface area contributed by atoms with E-state index in [-0.39, 0.29) is 0 Å². The SMILES string of the molecule is CCCC(CBr)COCCOCCOCCOC. The van der Waals surface area contributed by atoms with Crippen molar-refractivity contribution in [2.45, 2.75) is 19.8 Å². The lowest BCUT2D eigenvalue weighted by Gasteiger charge is -2.13. The first-order valence-electron chi connectivity index (χ1n) is 6.63. The molecule has 0 fully saturated rings. The predicted molar refractivity (Wildman–Crippen MR) is 76.5 cm³/mol. The van der Waals surface area contributed by atoms with Gasteiger partial charge in [0.1, 0.15) is 0 Å². The Labute approximate surface area is 119 Å². The molecular formula is C13H27BrO4. The van der Waals surface area contributed by atoms with Crippen LogP contribution in [0.3, 0.4) is 0 Å². The van der Waals surface area contributed by atoms with E-state index in [0.717, 1.165) is 11.9 Å². The van der Waals surface area contributed by atoms with Gasteiger partial charge in [0.2, 0.25) is 0 Å². The fourth-order valence-electron chi connectivity index (χ4n) is 1.45. The second kappa shape index (κ2) is 15.4. The fraction of sp³-hybridized carbons (Fsp3) is 1.00. The van der Waals surface area contributed by atoms with Gasteiger partial charge in [-0.3, -0.25) is 0 Å². The van der Waals surface area contributed by atoms with Gasteiger partial charge in [-0.2, -0.15) is 0 Å². The van der Waals surface area contributed by atoms with Crippen LogP contribution in [0, 0.1) is 5.92 Å². The van der Waals surface area contributed by atoms with Crippen molar-refractivity contribution in [2.75, 3.05) is 58.7 Å². The third-order valence-electron chi connectivity index (χ3n) is 2.44. The van der Waals surface area contributed by atoms with Crippen LogP contribution in [0.15, 0.2) is 0 Å². The highest BCUT2D eigenvalue weighted by molar-refractivity contribution is 9.09. The quantitative estimate of drug-likeness (QED) is 0.363. The Bertz CT molecular complexity index is 158. The molecule has 0 amide bonds. The zero-order chi connectivity index (χ0) is 13.5. The minimum absolute atomic E-state index is 0.614. The van der Waals surface area contributed by atoms with Crippen molar-refractivity contribution < 1.29 is 18.9 Å². The Balaban J connectivity index is 3.10. The summed E-state index contributed by atoms with van der Waals surface area (Å²) in [5.41, 5.74) is 0. The molecule has 0 aromatic carbocycles. The number of halogens is 1. The normalized spacial score (nSPS) is 12.8. The van der Waals surface area contributed by atoms with E-state index in [1.165, 1.54) is 12.8 Å². The van der Waals surface area contributed by atoms with Gasteiger partial charge in [0.15, 0.2) is 0 Å². The second-order valence-corrected chi connectivity index (χ2v) is 4.75. The summed E-state index contributed by atoms with van der Waals surface area (Å²) in [6, 6.07) is 0. The average Bonchev–Trinajstić information content (AvgIpc) is 2.39. The van der Waals surface area contributed by atoms with E-state index in [1.807, 2.05) is 0 Å². The van der Waals surface area contributed by atoms with E-state index in [2.05, 4.69) is 22.9 Å². The molecule has 0 rings (SSSR count). The van der Waals surface area contributed by atoms with Crippen LogP contribution in [0.2, 0.25) is 0 Å². The third-order valence-corrected chi connectivity index (χ3v) is 3.36. The van der Waals surface area contributed by atoms with Crippen LogP contribution in [0.1, 0.15) is 19.8 Å². The summed E-state index contributed by atoms with van der Waals surface area (Å²) in [6.07, 6.45) is 2.41. The maximum absolute atomic E-state index is 5.57. The maximum Gasteiger partial charge on any atom is 0.0701 e. The minimum Gasteiger partial charge on any atom is -0.382 e. The minimum atomic E-state index is 0.614. The molecule has 0 radical (unpaired) electrons. The number of hydrogen-bond acceptors (Lipinski definition) is 4. The van der Waals surface area contributed by atoms with Crippen molar-refractivity contribution >= 4 is 15.9 Å². The molecule has 1 unspecified atom stereocenters. The predicted octanol–water partition coefficient (Wildman–Crippen LogP) is 2.49. The van der Waals surface area contributed by atoms with Gasteiger partial charge >= 0.3 is 0 Å². The summed E-state index contributed by atoms with van der Waals surface area (Å²) < 4.78 is 21.1. The van der Waals surface area contributed by atoms with Crippen molar-refractivity contribution in [2.24, 2.45) is 5.92 Å². The first-order valence-corrected chi connectivity index (χ1v) is 7.75. The molecule has 0 aromatic rings. The molecule has 5 heteroatoms. The second-order valence-electron chi connectivity index (χ2n) is 4.10. The van der Waals surface area contributed by atoms with E-state index in [0.29, 0.717) is 45.6 Å². The van der Waals surface area contributed by atoms with Gasteiger partial charge in [0, 0.05) is 12.4 Å². The van der Waals surface area contributed by atoms with Crippen molar-refractivity contribution in [1.82, 2.24) is 0 Å². The lowest BCUT2D eigenvalue weighted by molar-refractivity contribution is -0.000678. The molecule has 0 aliphatic rings. The average molecular weight is 327 g/mol. The summed E-state index contributed by atoms with van der Waals surface area (Å²) in [6.45, 7) is 6.79. The number of ether oxygens (including phenoxy) is 4. The van der Waals surface area contributed by atoms with Gasteiger partial charge in [-0.05, 0) is 12.3 Å². The van der Waals surface area contributed by atoms with Crippen LogP contribution in [-0.4, -0.2) is 58.7 Å². The molecule has 0 heterocycles. The van der Waals surface area contributed by atoms with E-state index >= 15 is 0 Å². The third kappa shape index (κ3) is 12.8. The lowest BCUT2D eigenvalue weighted by atomic mass is 10.1. The Morgan fingerprint density at radius 2 is 1.44 bits per heavy atom. The highest BCUT2D eigenvalue weighted by atomic mass is 79.9. The first kappa shape index (κ1) is 18.3. The zero-order valence-electron chi connectivity index (χ0n) is 11.7. The Morgan fingerprint density at radius 1 is 0.889 bits per heavy atom. The van der Waals surface area contributed by atoms with Crippen molar-refractivity contribution in [3.8, 4) is 0 Å². The van der Waals surface area contributed by atoms with E-state index in [1.54, 1.807) is 7.11 Å². The van der Waals surface area contributed by atoms with Crippen LogP contribution >= 0.6 is 15.9 Å². The summed E-state index contributed by atoms with van der Waals surface area (Å²) in [4.78, 5) is 0. The standard InChI is InChI=1S/C13H27BrO4/c1-3-4-13(11-14)12-18-10-9-17-8-7-16-6-5-15-2/h13H,3-12H2,1-2H3. The first-order chi connectivity index (χ1) is 8.85. The van der Waals surface area contributed by atoms with Crippen LogP contribution in [0.4, 0.5) is 0 Å². The van der Waals surface area contributed by atoms with E-state index < -0.39 is 0 Å². The molecule has 0 N–H and O–H groups in total. The summed E-state index contributed by atoms with van der Waals surface area (Å²) in [5, 5.41) is 1.01. The molecule has 0 saturated heterocycles. The number of methoxy groups -OCH3 is 1. The van der Waals surface area contributed by atoms with Crippen molar-refractivity contribution in [3.05, 3.63) is 0 Å². The van der Waals surface area contributed by atoms with Gasteiger partial charge < -0.3 is 18.9 Å². The molecule has 0 aromatic heterocycles. The zero-order valence-corrected chi connectivity index (χ0v) is 13.2. The topological polar surface area (TPSA) is 36.9 Å². The number of hydrogen-bond donors (Lipinski definition) is 0. The highest BCUT2D eigenvalue weighted by Crippen LogP contribution is 2.09. The van der Waals surface area contributed by atoms with Gasteiger partial charge in [-0.15, -0.1) is 0 Å². The smallest absolute Gasteiger partial charge is 0.0701 e. The summed E-state index contributed by atoms with van der Waals surface area (Å²) in [5.74, 6) is 0.618. The molecule has 0 saturated carbocycles. The molecule has 4 nitrogen and oxygen atoms in total. The van der Waals surface area contributed by atoms with Crippen LogP contribution < -0.4 is 0 Å². The molecule has 110 valence electrons. The maximum atomic E-state index is 5.57. The van der Waals surface area contributed by atoms with Gasteiger partial charge in [-0.1, -0.05) is 29.3 Å². The van der Waals surface area contributed by atoms with Gasteiger partial charge in [0.25, 0.3) is 0 Å². The molecule has 18 heavy (non-hydrogen) atoms. The molecular weight excluding hydrogens is 300 g/mol. The Morgan fingerprint density at radius 3 is 1.94 bits per heavy atom. The van der Waals surface area contributed by atoms with Crippen molar-refractivity contribution in [1.29, 1.82) is 0 Å². The Hall–Kier alpha value is 0.320. The van der Waals surface area contributed by atoms with Crippen LogP contribution in [0.5, 0.6) is 0 Å². The van der Waals surface area contributed by atoms with Gasteiger partial charge in [0.05, 0.1) is 46.2 Å². The van der Waals surface area contributed by atoms with Crippen LogP contribution in [0.25, 0.3) is 0 Å². The lowest BCUT2D eigenvalue weighted by Crippen LogP contribution is -2.15.